The monoisotopic (exact) mass is 399 g/mol. The molecule has 8 nitrogen and oxygen atoms in total. The molecular weight excluding hydrogens is 387 g/mol. The molecule has 4 heterocycles. The summed E-state index contributed by atoms with van der Waals surface area (Å²) in [7, 11) is 0. The minimum Gasteiger partial charge on any atom is -0.349 e. The molecule has 4 rings (SSSR count). The molecule has 11 heteroatoms. The van der Waals surface area contributed by atoms with Crippen molar-refractivity contribution in [3.63, 3.8) is 0 Å². The Morgan fingerprint density at radius 1 is 0.931 bits per heavy atom. The Labute approximate surface area is 161 Å². The Hall–Kier alpha value is -3.89. The Morgan fingerprint density at radius 3 is 2.52 bits per heavy atom. The normalized spacial score (nSPS) is 11.4. The first kappa shape index (κ1) is 18.5. The van der Waals surface area contributed by atoms with Gasteiger partial charge in [-0.1, -0.05) is 5.16 Å². The van der Waals surface area contributed by atoms with Gasteiger partial charge in [-0.3, -0.25) is 9.97 Å². The Balaban J connectivity index is 1.43. The zero-order chi connectivity index (χ0) is 20.3. The van der Waals surface area contributed by atoms with Crippen molar-refractivity contribution in [3.8, 4) is 22.6 Å². The second kappa shape index (κ2) is 7.62. The van der Waals surface area contributed by atoms with Crippen LogP contribution < -0.4 is 5.32 Å². The molecule has 0 aliphatic carbocycles. The largest absolute Gasteiger partial charge is 0.471 e. The number of nitrogens with zero attached hydrogens (tertiary/aromatic N) is 6. The fraction of sp³-hybridized carbons (Fsp3) is 0.111. The van der Waals surface area contributed by atoms with E-state index in [1.54, 1.807) is 36.8 Å². The van der Waals surface area contributed by atoms with Crippen LogP contribution in [0.5, 0.6) is 0 Å². The highest BCUT2D eigenvalue weighted by atomic mass is 19.4. The van der Waals surface area contributed by atoms with Crippen molar-refractivity contribution in [1.82, 2.24) is 30.1 Å². The van der Waals surface area contributed by atoms with E-state index in [0.717, 1.165) is 11.3 Å². The predicted octanol–water partition coefficient (Wildman–Crippen LogP) is 3.61. The molecule has 0 saturated heterocycles. The van der Waals surface area contributed by atoms with E-state index in [4.69, 9.17) is 0 Å². The molecule has 1 N–H and O–H groups in total. The van der Waals surface area contributed by atoms with Gasteiger partial charge < -0.3 is 9.84 Å². The van der Waals surface area contributed by atoms with Crippen molar-refractivity contribution < 1.29 is 17.7 Å². The van der Waals surface area contributed by atoms with Gasteiger partial charge in [-0.15, -0.1) is 0 Å². The quantitative estimate of drug-likeness (QED) is 0.543. The molecule has 0 spiro atoms. The number of nitrogens with one attached hydrogen (secondary N) is 1. The molecule has 29 heavy (non-hydrogen) atoms. The number of aromatic nitrogens is 6. The van der Waals surface area contributed by atoms with Crippen LogP contribution in [0.4, 0.5) is 19.1 Å². The van der Waals surface area contributed by atoms with Gasteiger partial charge in [0.2, 0.25) is 11.8 Å². The minimum absolute atomic E-state index is 0.183. The average molecular weight is 399 g/mol. The summed E-state index contributed by atoms with van der Waals surface area (Å²) in [6.07, 6.45) is 1.69. The SMILES string of the molecule is FC(F)(F)c1nc(-c2ccc(CNc3nccc(-c4cccnc4)n3)nc2)no1. The van der Waals surface area contributed by atoms with E-state index in [9.17, 15) is 13.2 Å². The van der Waals surface area contributed by atoms with E-state index in [0.29, 0.717) is 23.8 Å². The standard InChI is InChI=1S/C18H12F3N7O/c19-18(20,21)16-27-15(28-29-16)12-3-4-13(24-9-12)10-25-17-23-7-5-14(26-17)11-2-1-6-22-8-11/h1-9H,10H2,(H,23,25,26). The summed E-state index contributed by atoms with van der Waals surface area (Å²) in [5.74, 6) is -1.18. The molecule has 0 fully saturated rings. The van der Waals surface area contributed by atoms with E-state index in [1.807, 2.05) is 12.1 Å². The van der Waals surface area contributed by atoms with E-state index in [1.165, 1.54) is 6.20 Å². The molecule has 0 aliphatic rings. The number of rotatable bonds is 5. The summed E-state index contributed by atoms with van der Waals surface area (Å²) in [5, 5.41) is 6.38. The second-order valence-corrected chi connectivity index (χ2v) is 5.82. The number of hydrogen-bond donors (Lipinski definition) is 1. The fourth-order valence-corrected chi connectivity index (χ4v) is 2.41. The lowest BCUT2D eigenvalue weighted by atomic mass is 10.2. The molecule has 0 atom stereocenters. The van der Waals surface area contributed by atoms with Crippen LogP contribution in [-0.4, -0.2) is 30.1 Å². The van der Waals surface area contributed by atoms with Crippen molar-refractivity contribution in [2.75, 3.05) is 5.32 Å². The van der Waals surface area contributed by atoms with Gasteiger partial charge in [0.15, 0.2) is 0 Å². The molecule has 146 valence electrons. The highest BCUT2D eigenvalue weighted by Crippen LogP contribution is 2.29. The highest BCUT2D eigenvalue weighted by Gasteiger charge is 2.38. The van der Waals surface area contributed by atoms with E-state index in [-0.39, 0.29) is 5.82 Å². The van der Waals surface area contributed by atoms with Crippen molar-refractivity contribution in [3.05, 3.63) is 66.7 Å². The van der Waals surface area contributed by atoms with Crippen LogP contribution in [-0.2, 0) is 12.7 Å². The third-order valence-electron chi connectivity index (χ3n) is 3.79. The summed E-state index contributed by atoms with van der Waals surface area (Å²) >= 11 is 0. The van der Waals surface area contributed by atoms with E-state index >= 15 is 0 Å². The number of pyridine rings is 2. The number of anilines is 1. The molecule has 0 radical (unpaired) electrons. The third-order valence-corrected chi connectivity index (χ3v) is 3.79. The van der Waals surface area contributed by atoms with Crippen molar-refractivity contribution in [2.24, 2.45) is 0 Å². The van der Waals surface area contributed by atoms with Gasteiger partial charge in [-0.2, -0.15) is 18.2 Å². The van der Waals surface area contributed by atoms with E-state index in [2.05, 4.69) is 39.9 Å². The summed E-state index contributed by atoms with van der Waals surface area (Å²) in [6.45, 7) is 0.316. The maximum absolute atomic E-state index is 12.5. The maximum Gasteiger partial charge on any atom is 0.471 e. The molecule has 0 aromatic carbocycles. The van der Waals surface area contributed by atoms with Gasteiger partial charge in [-0.25, -0.2) is 9.97 Å². The molecule has 4 aromatic rings. The smallest absolute Gasteiger partial charge is 0.349 e. The first-order chi connectivity index (χ1) is 14.0. The average Bonchev–Trinajstić information content (AvgIpc) is 3.24. The summed E-state index contributed by atoms with van der Waals surface area (Å²) in [6, 6.07) is 8.67. The molecular formula is C18H12F3N7O. The lowest BCUT2D eigenvalue weighted by Crippen LogP contribution is -2.05. The van der Waals surface area contributed by atoms with Gasteiger partial charge in [-0.05, 0) is 30.3 Å². The van der Waals surface area contributed by atoms with Crippen LogP contribution in [0.1, 0.15) is 11.6 Å². The Bertz CT molecular complexity index is 1100. The zero-order valence-electron chi connectivity index (χ0n) is 14.6. The Kier molecular flexibility index (Phi) is 4.85. The molecule has 0 bridgehead atoms. The minimum atomic E-state index is -4.69. The number of halogens is 3. The lowest BCUT2D eigenvalue weighted by Gasteiger charge is -2.06. The predicted molar refractivity (Wildman–Crippen MR) is 95.1 cm³/mol. The van der Waals surface area contributed by atoms with Gasteiger partial charge in [0, 0.05) is 35.9 Å². The summed E-state index contributed by atoms with van der Waals surface area (Å²) in [5.41, 5.74) is 2.52. The first-order valence-corrected chi connectivity index (χ1v) is 8.32. The van der Waals surface area contributed by atoms with Gasteiger partial charge in [0.25, 0.3) is 0 Å². The fourth-order valence-electron chi connectivity index (χ4n) is 2.41. The first-order valence-electron chi connectivity index (χ1n) is 8.32. The van der Waals surface area contributed by atoms with Crippen LogP contribution in [0.15, 0.2) is 59.6 Å². The van der Waals surface area contributed by atoms with Crippen LogP contribution in [0, 0.1) is 0 Å². The summed E-state index contributed by atoms with van der Waals surface area (Å²) in [4.78, 5) is 20.2. The third kappa shape index (κ3) is 4.34. The molecule has 0 saturated carbocycles. The van der Waals surface area contributed by atoms with Crippen LogP contribution in [0.3, 0.4) is 0 Å². The molecule has 0 aliphatic heterocycles. The van der Waals surface area contributed by atoms with Crippen LogP contribution in [0.25, 0.3) is 22.6 Å². The number of hydrogen-bond acceptors (Lipinski definition) is 8. The van der Waals surface area contributed by atoms with Crippen molar-refractivity contribution >= 4 is 5.95 Å². The molecule has 4 aromatic heterocycles. The second-order valence-electron chi connectivity index (χ2n) is 5.82. The number of alkyl halides is 3. The van der Waals surface area contributed by atoms with Gasteiger partial charge in [0.05, 0.1) is 17.9 Å². The molecule has 0 unspecified atom stereocenters. The van der Waals surface area contributed by atoms with Crippen molar-refractivity contribution in [2.45, 2.75) is 12.7 Å². The van der Waals surface area contributed by atoms with Crippen LogP contribution >= 0.6 is 0 Å². The zero-order valence-corrected chi connectivity index (χ0v) is 14.6. The van der Waals surface area contributed by atoms with E-state index < -0.39 is 12.1 Å². The summed E-state index contributed by atoms with van der Waals surface area (Å²) < 4.78 is 41.9. The highest BCUT2D eigenvalue weighted by molar-refractivity contribution is 5.58. The molecule has 0 amide bonds. The topological polar surface area (TPSA) is 103 Å². The van der Waals surface area contributed by atoms with Gasteiger partial charge in [0.1, 0.15) is 0 Å². The lowest BCUT2D eigenvalue weighted by molar-refractivity contribution is -0.159. The maximum atomic E-state index is 12.5. The Morgan fingerprint density at radius 2 is 1.83 bits per heavy atom. The van der Waals surface area contributed by atoms with Crippen LogP contribution in [0.2, 0.25) is 0 Å². The van der Waals surface area contributed by atoms with Gasteiger partial charge >= 0.3 is 12.1 Å². The van der Waals surface area contributed by atoms with Crippen molar-refractivity contribution in [1.29, 1.82) is 0 Å².